The maximum atomic E-state index is 12.8. The van der Waals surface area contributed by atoms with Crippen LogP contribution in [-0.4, -0.2) is 37.0 Å². The number of piperidine rings is 1. The molecule has 0 unspecified atom stereocenters. The van der Waals surface area contributed by atoms with Crippen LogP contribution in [0.4, 0.5) is 0 Å². The highest BCUT2D eigenvalue weighted by Gasteiger charge is 2.38. The minimum atomic E-state index is 0. The van der Waals surface area contributed by atoms with Gasteiger partial charge in [0.2, 0.25) is 0 Å². The molecule has 1 N–H and O–H groups in total. The summed E-state index contributed by atoms with van der Waals surface area (Å²) in [5, 5.41) is 4.50. The highest BCUT2D eigenvalue weighted by Crippen LogP contribution is 2.37. The number of fused-ring (bicyclic) bond motifs is 1. The summed E-state index contributed by atoms with van der Waals surface area (Å²) < 4.78 is 5.83. The zero-order valence-electron chi connectivity index (χ0n) is 13.4. The second-order valence-corrected chi connectivity index (χ2v) is 6.77. The van der Waals surface area contributed by atoms with Crippen LogP contribution in [0.25, 0.3) is 11.0 Å². The van der Waals surface area contributed by atoms with Crippen molar-refractivity contribution >= 4 is 29.3 Å². The van der Waals surface area contributed by atoms with Gasteiger partial charge in [0.15, 0.2) is 5.76 Å². The van der Waals surface area contributed by atoms with E-state index < -0.39 is 0 Å². The summed E-state index contributed by atoms with van der Waals surface area (Å²) in [6, 6.07) is 7.86. The number of nitrogens with one attached hydrogen (secondary N) is 1. The number of hydrogen-bond acceptors (Lipinski definition) is 3. The van der Waals surface area contributed by atoms with E-state index in [9.17, 15) is 4.79 Å². The first kappa shape index (κ1) is 16.3. The van der Waals surface area contributed by atoms with Crippen molar-refractivity contribution in [2.75, 3.05) is 26.2 Å². The van der Waals surface area contributed by atoms with Gasteiger partial charge < -0.3 is 14.6 Å². The Hall–Kier alpha value is -1.52. The molecule has 23 heavy (non-hydrogen) atoms. The Labute approximate surface area is 142 Å². The van der Waals surface area contributed by atoms with E-state index in [4.69, 9.17) is 4.42 Å². The van der Waals surface area contributed by atoms with Crippen LogP contribution in [0.5, 0.6) is 0 Å². The standard InChI is InChI=1S/C18H22N2O2.ClH/c1-13-14-4-2-3-5-15(14)22-16(13)17(21)20-10-7-18(8-11-20)6-9-19-12-18;/h2-5,19H,6-12H2,1H3;1H. The number of carbonyl (C=O) groups is 1. The Morgan fingerprint density at radius 2 is 1.96 bits per heavy atom. The average molecular weight is 335 g/mol. The smallest absolute Gasteiger partial charge is 0.289 e. The van der Waals surface area contributed by atoms with Crippen LogP contribution >= 0.6 is 12.4 Å². The van der Waals surface area contributed by atoms with E-state index >= 15 is 0 Å². The maximum absolute atomic E-state index is 12.8. The van der Waals surface area contributed by atoms with Crippen molar-refractivity contribution in [1.82, 2.24) is 10.2 Å². The first-order chi connectivity index (χ1) is 10.7. The van der Waals surface area contributed by atoms with Gasteiger partial charge in [0.1, 0.15) is 5.58 Å². The van der Waals surface area contributed by atoms with Crippen LogP contribution < -0.4 is 5.32 Å². The number of amides is 1. The van der Waals surface area contributed by atoms with Gasteiger partial charge in [0, 0.05) is 30.6 Å². The molecule has 4 nitrogen and oxygen atoms in total. The highest BCUT2D eigenvalue weighted by atomic mass is 35.5. The van der Waals surface area contributed by atoms with Gasteiger partial charge in [-0.25, -0.2) is 0 Å². The van der Waals surface area contributed by atoms with Crippen molar-refractivity contribution < 1.29 is 9.21 Å². The Morgan fingerprint density at radius 1 is 1.22 bits per heavy atom. The number of furan rings is 1. The lowest BCUT2D eigenvalue weighted by Gasteiger charge is -2.38. The van der Waals surface area contributed by atoms with Crippen LogP contribution in [0.15, 0.2) is 28.7 Å². The van der Waals surface area contributed by atoms with Gasteiger partial charge in [-0.2, -0.15) is 0 Å². The molecule has 2 aromatic rings. The zero-order valence-corrected chi connectivity index (χ0v) is 14.2. The lowest BCUT2D eigenvalue weighted by molar-refractivity contribution is 0.0578. The molecule has 5 heteroatoms. The monoisotopic (exact) mass is 334 g/mol. The fraction of sp³-hybridized carbons (Fsp3) is 0.500. The number of likely N-dealkylation sites (tertiary alicyclic amines) is 1. The molecular weight excluding hydrogens is 312 g/mol. The third kappa shape index (κ3) is 2.74. The topological polar surface area (TPSA) is 45.5 Å². The summed E-state index contributed by atoms with van der Waals surface area (Å²) in [6.07, 6.45) is 3.45. The largest absolute Gasteiger partial charge is 0.451 e. The van der Waals surface area contributed by atoms with E-state index in [2.05, 4.69) is 5.32 Å². The van der Waals surface area contributed by atoms with Gasteiger partial charge in [0.05, 0.1) is 0 Å². The van der Waals surface area contributed by atoms with E-state index in [1.54, 1.807) is 0 Å². The normalized spacial score (nSPS) is 20.0. The molecule has 1 aromatic heterocycles. The molecule has 2 fully saturated rings. The lowest BCUT2D eigenvalue weighted by Crippen LogP contribution is -2.44. The van der Waals surface area contributed by atoms with Crippen molar-refractivity contribution in [1.29, 1.82) is 0 Å². The molecule has 2 aliphatic heterocycles. The summed E-state index contributed by atoms with van der Waals surface area (Å²) in [7, 11) is 0. The number of benzene rings is 1. The zero-order chi connectivity index (χ0) is 15.2. The molecule has 1 spiro atoms. The van der Waals surface area contributed by atoms with Crippen LogP contribution in [0.3, 0.4) is 0 Å². The Balaban J connectivity index is 0.00000156. The third-order valence-corrected chi connectivity index (χ3v) is 5.48. The fourth-order valence-electron chi connectivity index (χ4n) is 3.93. The number of para-hydroxylation sites is 1. The minimum absolute atomic E-state index is 0. The van der Waals surface area contributed by atoms with Crippen molar-refractivity contribution in [2.24, 2.45) is 5.41 Å². The molecule has 0 atom stereocenters. The second-order valence-electron chi connectivity index (χ2n) is 6.77. The van der Waals surface area contributed by atoms with Crippen molar-refractivity contribution in [3.63, 3.8) is 0 Å². The van der Waals surface area contributed by atoms with Gasteiger partial charge in [0.25, 0.3) is 5.91 Å². The SMILES string of the molecule is Cc1c(C(=O)N2CCC3(CCNC3)CC2)oc2ccccc12.Cl. The Morgan fingerprint density at radius 3 is 2.61 bits per heavy atom. The van der Waals surface area contributed by atoms with E-state index in [0.717, 1.165) is 55.6 Å². The van der Waals surface area contributed by atoms with Gasteiger partial charge in [-0.15, -0.1) is 12.4 Å². The molecule has 4 rings (SSSR count). The number of nitrogens with zero attached hydrogens (tertiary/aromatic N) is 1. The van der Waals surface area contributed by atoms with Crippen LogP contribution in [0.2, 0.25) is 0 Å². The van der Waals surface area contributed by atoms with Crippen molar-refractivity contribution in [3.05, 3.63) is 35.6 Å². The number of aryl methyl sites for hydroxylation is 1. The predicted octanol–water partition coefficient (Wildman–Crippen LogP) is 3.38. The van der Waals surface area contributed by atoms with E-state index in [0.29, 0.717) is 11.2 Å². The molecule has 2 saturated heterocycles. The first-order valence-electron chi connectivity index (χ1n) is 8.17. The lowest BCUT2D eigenvalue weighted by atomic mass is 9.78. The quantitative estimate of drug-likeness (QED) is 0.869. The summed E-state index contributed by atoms with van der Waals surface area (Å²) in [5.41, 5.74) is 2.19. The third-order valence-electron chi connectivity index (χ3n) is 5.48. The summed E-state index contributed by atoms with van der Waals surface area (Å²) in [4.78, 5) is 14.8. The summed E-state index contributed by atoms with van der Waals surface area (Å²) in [5.74, 6) is 0.566. The van der Waals surface area contributed by atoms with Gasteiger partial charge in [-0.1, -0.05) is 18.2 Å². The predicted molar refractivity (Wildman–Crippen MR) is 93.3 cm³/mol. The molecule has 124 valence electrons. The molecule has 2 aliphatic rings. The highest BCUT2D eigenvalue weighted by molar-refractivity contribution is 5.98. The van der Waals surface area contributed by atoms with Gasteiger partial charge >= 0.3 is 0 Å². The van der Waals surface area contributed by atoms with Crippen LogP contribution in [0, 0.1) is 12.3 Å². The van der Waals surface area contributed by atoms with E-state index in [1.807, 2.05) is 36.1 Å². The van der Waals surface area contributed by atoms with Gasteiger partial charge in [-0.3, -0.25) is 4.79 Å². The van der Waals surface area contributed by atoms with Crippen molar-refractivity contribution in [2.45, 2.75) is 26.2 Å². The molecule has 0 radical (unpaired) electrons. The molecule has 0 bridgehead atoms. The average Bonchev–Trinajstić information content (AvgIpc) is 3.13. The molecular formula is C18H23ClN2O2. The van der Waals surface area contributed by atoms with Crippen LogP contribution in [-0.2, 0) is 0 Å². The molecule has 0 saturated carbocycles. The first-order valence-corrected chi connectivity index (χ1v) is 8.17. The summed E-state index contributed by atoms with van der Waals surface area (Å²) in [6.45, 7) is 5.90. The van der Waals surface area contributed by atoms with Gasteiger partial charge in [-0.05, 0) is 44.2 Å². The molecule has 3 heterocycles. The number of hydrogen-bond donors (Lipinski definition) is 1. The number of carbonyl (C=O) groups excluding carboxylic acids is 1. The Kier molecular flexibility index (Phi) is 4.39. The second kappa shape index (κ2) is 6.17. The maximum Gasteiger partial charge on any atom is 0.289 e. The summed E-state index contributed by atoms with van der Waals surface area (Å²) >= 11 is 0. The van der Waals surface area contributed by atoms with E-state index in [1.165, 1.54) is 6.42 Å². The van der Waals surface area contributed by atoms with E-state index in [-0.39, 0.29) is 18.3 Å². The number of halogens is 1. The minimum Gasteiger partial charge on any atom is -0.451 e. The van der Waals surface area contributed by atoms with Crippen LogP contribution in [0.1, 0.15) is 35.4 Å². The molecule has 1 amide bonds. The fourth-order valence-corrected chi connectivity index (χ4v) is 3.93. The molecule has 1 aromatic carbocycles. The Bertz CT molecular complexity index is 709. The van der Waals surface area contributed by atoms with Crippen molar-refractivity contribution in [3.8, 4) is 0 Å². The number of rotatable bonds is 1. The molecule has 0 aliphatic carbocycles.